The molecule has 0 heterocycles. The van der Waals surface area contributed by atoms with Gasteiger partial charge in [-0.25, -0.2) is 0 Å². The minimum atomic E-state index is 0. The fourth-order valence-electron chi connectivity index (χ4n) is 1.21. The van der Waals surface area contributed by atoms with E-state index in [0.29, 0.717) is 0 Å². The Kier molecular flexibility index (Phi) is 15.8. The van der Waals surface area contributed by atoms with Crippen LogP contribution in [0.25, 0.3) is 0 Å². The van der Waals surface area contributed by atoms with E-state index >= 15 is 0 Å². The standard InChI is InChI=1S/C12H11P.C4H10.ClH.Pd/c1-3-7-11(8-4-1)13-12-9-5-2-6-10-12;1-3-4-2;;/h1-10,13H;3-4H2,1-2H3;1H;/p-1. The first-order valence-corrected chi connectivity index (χ1v) is 7.24. The van der Waals surface area contributed by atoms with Gasteiger partial charge in [0.2, 0.25) is 0 Å². The molecule has 2 rings (SSSR count). The van der Waals surface area contributed by atoms with Gasteiger partial charge < -0.3 is 12.4 Å². The van der Waals surface area contributed by atoms with Crippen molar-refractivity contribution in [2.75, 3.05) is 0 Å². The van der Waals surface area contributed by atoms with Crippen LogP contribution in [0.3, 0.4) is 0 Å². The number of hydrogen-bond donors (Lipinski definition) is 0. The van der Waals surface area contributed by atoms with Gasteiger partial charge in [0.1, 0.15) is 0 Å². The van der Waals surface area contributed by atoms with Crippen LogP contribution in [-0.2, 0) is 20.4 Å². The van der Waals surface area contributed by atoms with Crippen LogP contribution >= 0.6 is 8.58 Å². The second-order valence-electron chi connectivity index (χ2n) is 3.86. The minimum absolute atomic E-state index is 0. The maximum Gasteiger partial charge on any atom is 0 e. The van der Waals surface area contributed by atoms with E-state index < -0.39 is 0 Å². The van der Waals surface area contributed by atoms with Gasteiger partial charge in [-0.3, -0.25) is 0 Å². The molecule has 0 amide bonds. The van der Waals surface area contributed by atoms with E-state index in [1.807, 2.05) is 0 Å². The summed E-state index contributed by atoms with van der Waals surface area (Å²) >= 11 is 0. The molecule has 2 aromatic carbocycles. The quantitative estimate of drug-likeness (QED) is 0.548. The largest absolute Gasteiger partial charge is 1.00 e. The van der Waals surface area contributed by atoms with E-state index in [9.17, 15) is 0 Å². The molecule has 3 heteroatoms. The zero-order chi connectivity index (χ0) is 12.3. The maximum atomic E-state index is 2.18. The molecule has 0 saturated heterocycles. The third-order valence-electron chi connectivity index (χ3n) is 2.34. The molecule has 0 atom stereocenters. The Labute approximate surface area is 139 Å². The fraction of sp³-hybridized carbons (Fsp3) is 0.250. The van der Waals surface area contributed by atoms with E-state index in [2.05, 4.69) is 74.5 Å². The van der Waals surface area contributed by atoms with Crippen molar-refractivity contribution in [2.24, 2.45) is 0 Å². The van der Waals surface area contributed by atoms with Crippen molar-refractivity contribution in [3.8, 4) is 0 Å². The normalized spacial score (nSPS) is 8.32. The molecule has 0 aromatic heterocycles. The Morgan fingerprint density at radius 1 is 0.684 bits per heavy atom. The molecule has 2 aromatic rings. The molecule has 0 fully saturated rings. The van der Waals surface area contributed by atoms with E-state index in [0.717, 1.165) is 8.58 Å². The van der Waals surface area contributed by atoms with Gasteiger partial charge in [-0.15, -0.1) is 0 Å². The van der Waals surface area contributed by atoms with Crippen molar-refractivity contribution in [1.82, 2.24) is 0 Å². The summed E-state index contributed by atoms with van der Waals surface area (Å²) in [5.74, 6) is 0. The summed E-state index contributed by atoms with van der Waals surface area (Å²) < 4.78 is 0. The van der Waals surface area contributed by atoms with Gasteiger partial charge in [-0.2, -0.15) is 0 Å². The van der Waals surface area contributed by atoms with Crippen molar-refractivity contribution >= 4 is 19.2 Å². The van der Waals surface area contributed by atoms with Crippen molar-refractivity contribution in [2.45, 2.75) is 26.7 Å². The maximum absolute atomic E-state index is 2.18. The zero-order valence-electron chi connectivity index (χ0n) is 11.4. The first-order chi connectivity index (χ1) is 8.36. The summed E-state index contributed by atoms with van der Waals surface area (Å²) in [5, 5.41) is 2.79. The van der Waals surface area contributed by atoms with Crippen molar-refractivity contribution in [3.05, 3.63) is 60.7 Å². The molecule has 0 saturated carbocycles. The molecule has 0 spiro atoms. The van der Waals surface area contributed by atoms with Crippen LogP contribution in [0.2, 0.25) is 0 Å². The summed E-state index contributed by atoms with van der Waals surface area (Å²) in [6.07, 6.45) is 2.64. The van der Waals surface area contributed by atoms with Crippen LogP contribution in [-0.4, -0.2) is 0 Å². The van der Waals surface area contributed by atoms with E-state index in [1.165, 1.54) is 23.5 Å². The minimum Gasteiger partial charge on any atom is -1.00 e. The SMILES string of the molecule is CCCC.[Cl-].[Pd].c1ccc(Pc2ccccc2)cc1. The summed E-state index contributed by atoms with van der Waals surface area (Å²) in [4.78, 5) is 0. The van der Waals surface area contributed by atoms with Crippen molar-refractivity contribution in [1.29, 1.82) is 0 Å². The number of hydrogen-bond acceptors (Lipinski definition) is 0. The van der Waals surface area contributed by atoms with Crippen LogP contribution in [0.1, 0.15) is 26.7 Å². The molecule has 0 radical (unpaired) electrons. The first-order valence-electron chi connectivity index (χ1n) is 6.24. The average molecular weight is 386 g/mol. The Morgan fingerprint density at radius 3 is 1.26 bits per heavy atom. The summed E-state index contributed by atoms with van der Waals surface area (Å²) in [7, 11) is 0.777. The van der Waals surface area contributed by atoms with Gasteiger partial charge in [0.05, 0.1) is 0 Å². The molecular formula is C16H21ClPPd-. The third-order valence-corrected chi connectivity index (χ3v) is 3.58. The number of halogens is 1. The molecule has 19 heavy (non-hydrogen) atoms. The van der Waals surface area contributed by atoms with E-state index in [-0.39, 0.29) is 32.8 Å². The van der Waals surface area contributed by atoms with Crippen LogP contribution in [0.15, 0.2) is 60.7 Å². The number of unbranched alkanes of at least 4 members (excludes halogenated alkanes) is 1. The predicted molar refractivity (Wildman–Crippen MR) is 81.0 cm³/mol. The predicted octanol–water partition coefficient (Wildman–Crippen LogP) is 1.12. The summed E-state index contributed by atoms with van der Waals surface area (Å²) in [6.45, 7) is 4.36. The molecule has 0 aliphatic rings. The topological polar surface area (TPSA) is 0 Å². The fourth-order valence-corrected chi connectivity index (χ4v) is 2.26. The summed E-state index contributed by atoms with van der Waals surface area (Å²) in [6, 6.07) is 21.2. The van der Waals surface area contributed by atoms with E-state index in [4.69, 9.17) is 0 Å². The first kappa shape index (κ1) is 21.1. The molecule has 0 nitrogen and oxygen atoms in total. The summed E-state index contributed by atoms with van der Waals surface area (Å²) in [5.41, 5.74) is 0. The second kappa shape index (κ2) is 14.2. The molecular weight excluding hydrogens is 365 g/mol. The van der Waals surface area contributed by atoms with Gasteiger partial charge >= 0.3 is 0 Å². The zero-order valence-corrected chi connectivity index (χ0v) is 14.7. The Bertz CT molecular complexity index is 353. The van der Waals surface area contributed by atoms with Crippen molar-refractivity contribution in [3.63, 3.8) is 0 Å². The molecule has 0 aliphatic heterocycles. The third kappa shape index (κ3) is 10.3. The van der Waals surface area contributed by atoms with E-state index in [1.54, 1.807) is 0 Å². The van der Waals surface area contributed by atoms with Gasteiger partial charge in [-0.1, -0.05) is 95.9 Å². The van der Waals surface area contributed by atoms with Gasteiger partial charge in [0, 0.05) is 20.4 Å². The Balaban J connectivity index is 0. The molecule has 0 unspecified atom stereocenters. The Morgan fingerprint density at radius 2 is 1.00 bits per heavy atom. The van der Waals surface area contributed by atoms with Crippen LogP contribution < -0.4 is 23.0 Å². The van der Waals surface area contributed by atoms with Crippen LogP contribution in [0, 0.1) is 0 Å². The number of benzene rings is 2. The van der Waals surface area contributed by atoms with Crippen LogP contribution in [0.4, 0.5) is 0 Å². The second-order valence-corrected chi connectivity index (χ2v) is 5.26. The Hall–Kier alpha value is -0.178. The van der Waals surface area contributed by atoms with Gasteiger partial charge in [-0.05, 0) is 10.6 Å². The monoisotopic (exact) mass is 385 g/mol. The van der Waals surface area contributed by atoms with Gasteiger partial charge in [0.15, 0.2) is 0 Å². The molecule has 0 bridgehead atoms. The molecule has 108 valence electrons. The molecule has 0 N–H and O–H groups in total. The van der Waals surface area contributed by atoms with Crippen molar-refractivity contribution < 1.29 is 32.8 Å². The smallest absolute Gasteiger partial charge is 0 e. The molecule has 0 aliphatic carbocycles. The van der Waals surface area contributed by atoms with Crippen LogP contribution in [0.5, 0.6) is 0 Å². The number of rotatable bonds is 3. The average Bonchev–Trinajstić information content (AvgIpc) is 2.41. The van der Waals surface area contributed by atoms with Gasteiger partial charge in [0.25, 0.3) is 0 Å².